The van der Waals surface area contributed by atoms with E-state index in [0.29, 0.717) is 17.1 Å². The maximum atomic E-state index is 11.5. The molecule has 2 rings (SSSR count). The smallest absolute Gasteiger partial charge is 0.407 e. The first kappa shape index (κ1) is 16.6. The topological polar surface area (TPSA) is 62.1 Å². The van der Waals surface area contributed by atoms with E-state index >= 15 is 0 Å². The molecule has 0 unspecified atom stereocenters. The van der Waals surface area contributed by atoms with Crippen LogP contribution in [0, 0.1) is 11.3 Å². The van der Waals surface area contributed by atoms with E-state index in [1.807, 2.05) is 36.4 Å². The van der Waals surface area contributed by atoms with Gasteiger partial charge in [-0.25, -0.2) is 4.79 Å². The highest BCUT2D eigenvalue weighted by atomic mass is 35.5. The zero-order chi connectivity index (χ0) is 16.5. The largest absolute Gasteiger partial charge is 0.445 e. The second-order valence-electron chi connectivity index (χ2n) is 4.70. The average Bonchev–Trinajstić information content (AvgIpc) is 2.59. The summed E-state index contributed by atoms with van der Waals surface area (Å²) in [4.78, 5) is 11.5. The first-order chi connectivity index (χ1) is 11.2. The highest BCUT2D eigenvalue weighted by Gasteiger charge is 2.01. The molecule has 0 aliphatic rings. The van der Waals surface area contributed by atoms with Crippen molar-refractivity contribution in [3.8, 4) is 6.07 Å². The number of hydrogen-bond acceptors (Lipinski definition) is 3. The van der Waals surface area contributed by atoms with Crippen molar-refractivity contribution in [1.29, 1.82) is 5.26 Å². The predicted molar refractivity (Wildman–Crippen MR) is 89.8 cm³/mol. The molecule has 0 aliphatic carbocycles. The normalized spacial score (nSPS) is 10.3. The third-order valence-corrected chi connectivity index (χ3v) is 3.33. The van der Waals surface area contributed by atoms with Crippen molar-refractivity contribution in [1.82, 2.24) is 5.32 Å². The highest BCUT2D eigenvalue weighted by molar-refractivity contribution is 6.31. The number of halogens is 1. The number of rotatable bonds is 5. The first-order valence-electron chi connectivity index (χ1n) is 7.00. The molecule has 0 bridgehead atoms. The van der Waals surface area contributed by atoms with Gasteiger partial charge in [0, 0.05) is 6.54 Å². The number of hydrogen-bond donors (Lipinski definition) is 1. The highest BCUT2D eigenvalue weighted by Crippen LogP contribution is 2.17. The van der Waals surface area contributed by atoms with Gasteiger partial charge in [-0.15, -0.1) is 0 Å². The zero-order valence-corrected chi connectivity index (χ0v) is 13.1. The summed E-state index contributed by atoms with van der Waals surface area (Å²) in [5.74, 6) is 0. The van der Waals surface area contributed by atoms with Crippen molar-refractivity contribution in [3.05, 3.63) is 76.3 Å². The van der Waals surface area contributed by atoms with E-state index in [9.17, 15) is 4.79 Å². The van der Waals surface area contributed by atoms with Gasteiger partial charge in [-0.1, -0.05) is 60.2 Å². The van der Waals surface area contributed by atoms with Crippen molar-refractivity contribution in [3.63, 3.8) is 0 Å². The Hall–Kier alpha value is -2.77. The molecule has 2 aromatic rings. The van der Waals surface area contributed by atoms with E-state index in [-0.39, 0.29) is 6.61 Å². The average molecular weight is 327 g/mol. The van der Waals surface area contributed by atoms with E-state index < -0.39 is 6.09 Å². The molecule has 4 nitrogen and oxygen atoms in total. The predicted octanol–water partition coefficient (Wildman–Crippen LogP) is 4.15. The number of nitriles is 1. The van der Waals surface area contributed by atoms with Crippen molar-refractivity contribution in [2.24, 2.45) is 0 Å². The number of ether oxygens (including phenoxy) is 1. The lowest BCUT2D eigenvalue weighted by atomic mass is 10.1. The second-order valence-corrected chi connectivity index (χ2v) is 5.10. The molecule has 1 amide bonds. The van der Waals surface area contributed by atoms with Crippen molar-refractivity contribution in [2.75, 3.05) is 6.54 Å². The maximum Gasteiger partial charge on any atom is 0.407 e. The molecule has 116 valence electrons. The van der Waals surface area contributed by atoms with Gasteiger partial charge in [-0.05, 0) is 23.3 Å². The summed E-state index contributed by atoms with van der Waals surface area (Å²) >= 11 is 5.86. The third kappa shape index (κ3) is 5.50. The molecule has 23 heavy (non-hydrogen) atoms. The molecule has 0 aromatic heterocycles. The number of benzene rings is 2. The number of nitrogens with zero attached hydrogens (tertiary/aromatic N) is 1. The first-order valence-corrected chi connectivity index (χ1v) is 7.37. The Morgan fingerprint density at radius 2 is 2.04 bits per heavy atom. The van der Waals surface area contributed by atoms with Crippen LogP contribution in [0.2, 0.25) is 5.02 Å². The second kappa shape index (κ2) is 8.62. The van der Waals surface area contributed by atoms with E-state index in [1.165, 1.54) is 0 Å². The zero-order valence-electron chi connectivity index (χ0n) is 12.3. The molecule has 0 fully saturated rings. The summed E-state index contributed by atoms with van der Waals surface area (Å²) in [5.41, 5.74) is 2.19. The lowest BCUT2D eigenvalue weighted by Crippen LogP contribution is -2.24. The fourth-order valence-corrected chi connectivity index (χ4v) is 2.00. The number of carbonyl (C=O) groups excluding carboxylic acids is 1. The van der Waals surface area contributed by atoms with Gasteiger partial charge < -0.3 is 10.1 Å². The van der Waals surface area contributed by atoms with Crippen molar-refractivity contribution >= 4 is 23.8 Å². The Kier molecular flexibility index (Phi) is 6.22. The van der Waals surface area contributed by atoms with Gasteiger partial charge in [0.2, 0.25) is 0 Å². The molecule has 1 N–H and O–H groups in total. The van der Waals surface area contributed by atoms with Crippen LogP contribution in [-0.4, -0.2) is 12.6 Å². The quantitative estimate of drug-likeness (QED) is 0.897. The lowest BCUT2D eigenvalue weighted by Gasteiger charge is -2.05. The molecule has 2 aromatic carbocycles. The molecular weight excluding hydrogens is 312 g/mol. The molecule has 0 saturated heterocycles. The minimum Gasteiger partial charge on any atom is -0.445 e. The molecule has 5 heteroatoms. The van der Waals surface area contributed by atoms with E-state index in [0.717, 1.165) is 11.1 Å². The van der Waals surface area contributed by atoms with Crippen molar-refractivity contribution in [2.45, 2.75) is 6.61 Å². The summed E-state index contributed by atoms with van der Waals surface area (Å²) < 4.78 is 5.09. The molecule has 0 spiro atoms. The van der Waals surface area contributed by atoms with Crippen LogP contribution in [0.1, 0.15) is 16.7 Å². The summed E-state index contributed by atoms with van der Waals surface area (Å²) in [6.45, 7) is 0.567. The van der Waals surface area contributed by atoms with Gasteiger partial charge in [0.25, 0.3) is 0 Å². The Balaban J connectivity index is 1.76. The summed E-state index contributed by atoms with van der Waals surface area (Å²) in [6.07, 6.45) is 3.09. The fraction of sp³-hybridized carbons (Fsp3) is 0.111. The van der Waals surface area contributed by atoms with Crippen LogP contribution in [0.3, 0.4) is 0 Å². The standard InChI is InChI=1S/C18H15ClN2O2/c19-17-9-8-14(11-16(17)12-20)7-4-10-21-18(22)23-13-15-5-2-1-3-6-15/h1-9,11H,10,13H2,(H,21,22). The molecule has 0 aliphatic heterocycles. The van der Waals surface area contributed by atoms with Crippen LogP contribution in [0.4, 0.5) is 4.79 Å². The Bertz CT molecular complexity index is 736. The number of nitrogens with one attached hydrogen (secondary N) is 1. The molecular formula is C18H15ClN2O2. The van der Waals surface area contributed by atoms with Gasteiger partial charge in [-0.3, -0.25) is 0 Å². The van der Waals surface area contributed by atoms with E-state index in [2.05, 4.69) is 5.32 Å². The van der Waals surface area contributed by atoms with E-state index in [4.69, 9.17) is 21.6 Å². The fourth-order valence-electron chi connectivity index (χ4n) is 1.84. The molecule has 0 radical (unpaired) electrons. The minimum absolute atomic E-state index is 0.235. The monoisotopic (exact) mass is 326 g/mol. The Morgan fingerprint density at radius 3 is 2.78 bits per heavy atom. The van der Waals surface area contributed by atoms with Crippen LogP contribution in [-0.2, 0) is 11.3 Å². The Morgan fingerprint density at radius 1 is 1.26 bits per heavy atom. The molecule has 0 heterocycles. The van der Waals surface area contributed by atoms with Gasteiger partial charge in [0.1, 0.15) is 12.7 Å². The van der Waals surface area contributed by atoms with Gasteiger partial charge >= 0.3 is 6.09 Å². The van der Waals surface area contributed by atoms with Crippen molar-refractivity contribution < 1.29 is 9.53 Å². The number of amides is 1. The summed E-state index contributed by atoms with van der Waals surface area (Å²) in [5, 5.41) is 12.0. The lowest BCUT2D eigenvalue weighted by molar-refractivity contribution is 0.141. The van der Waals surface area contributed by atoms with Crippen LogP contribution in [0.15, 0.2) is 54.6 Å². The third-order valence-electron chi connectivity index (χ3n) is 3.00. The van der Waals surface area contributed by atoms with Gasteiger partial charge in [0.15, 0.2) is 0 Å². The van der Waals surface area contributed by atoms with Crippen LogP contribution >= 0.6 is 11.6 Å². The minimum atomic E-state index is -0.479. The van der Waals surface area contributed by atoms with Crippen LogP contribution < -0.4 is 5.32 Å². The number of alkyl carbamates (subject to hydrolysis) is 1. The SMILES string of the molecule is N#Cc1cc(C=CCNC(=O)OCc2ccccc2)ccc1Cl. The van der Waals surface area contributed by atoms with E-state index in [1.54, 1.807) is 30.4 Å². The summed E-state index contributed by atoms with van der Waals surface area (Å²) in [7, 11) is 0. The summed E-state index contributed by atoms with van der Waals surface area (Å²) in [6, 6.07) is 16.6. The van der Waals surface area contributed by atoms with Gasteiger partial charge in [-0.2, -0.15) is 5.26 Å². The number of carbonyl (C=O) groups is 1. The molecule has 0 atom stereocenters. The molecule has 0 saturated carbocycles. The van der Waals surface area contributed by atoms with Gasteiger partial charge in [0.05, 0.1) is 10.6 Å². The maximum absolute atomic E-state index is 11.5. The van der Waals surface area contributed by atoms with Crippen LogP contribution in [0.5, 0.6) is 0 Å². The van der Waals surface area contributed by atoms with Crippen LogP contribution in [0.25, 0.3) is 6.08 Å². The Labute approximate surface area is 140 Å².